The summed E-state index contributed by atoms with van der Waals surface area (Å²) < 4.78 is 0. The number of benzene rings is 2. The number of aliphatic hydroxyl groups is 4. The summed E-state index contributed by atoms with van der Waals surface area (Å²) in [5.41, 5.74) is 2.03. The quantitative estimate of drug-likeness (QED) is 0.543. The molecule has 2 unspecified atom stereocenters. The summed E-state index contributed by atoms with van der Waals surface area (Å²) in [5.74, 6) is 0. The van der Waals surface area contributed by atoms with Crippen molar-refractivity contribution < 1.29 is 20.4 Å². The molecule has 0 aliphatic carbocycles. The van der Waals surface area contributed by atoms with Gasteiger partial charge in [-0.05, 0) is 18.2 Å². The third-order valence-corrected chi connectivity index (χ3v) is 4.35. The maximum atomic E-state index is 10.6. The number of likely N-dealkylation sites (N-methyl/N-ethyl adjacent to an activating group) is 1. The second-order valence-electron chi connectivity index (χ2n) is 6.39. The van der Waals surface area contributed by atoms with Crippen LogP contribution in [-0.4, -0.2) is 63.3 Å². The van der Waals surface area contributed by atoms with Gasteiger partial charge in [-0.15, -0.1) is 0 Å². The molecule has 2 aromatic carbocycles. The lowest BCUT2D eigenvalue weighted by Gasteiger charge is -2.33. The normalized spacial score (nSPS) is 16.5. The first-order chi connectivity index (χ1) is 12.5. The molecule has 0 spiro atoms. The Balaban J connectivity index is 2.20. The average Bonchev–Trinajstić information content (AvgIpc) is 2.68. The van der Waals surface area contributed by atoms with E-state index in [1.165, 1.54) is 0 Å². The Bertz CT molecular complexity index is 662. The van der Waals surface area contributed by atoms with Gasteiger partial charge in [-0.2, -0.15) is 0 Å². The minimum absolute atomic E-state index is 0.549. The number of rotatable bonds is 9. The molecule has 4 N–H and O–H groups in total. The van der Waals surface area contributed by atoms with Crippen LogP contribution in [0.2, 0.25) is 0 Å². The predicted octanol–water partition coefficient (Wildman–Crippen LogP) is 1.28. The van der Waals surface area contributed by atoms with Gasteiger partial charge in [0.2, 0.25) is 0 Å². The highest BCUT2D eigenvalue weighted by Crippen LogP contribution is 2.16. The number of aliphatic hydroxyl groups excluding tert-OH is 4. The highest BCUT2D eigenvalue weighted by Gasteiger charge is 2.32. The molecule has 0 aliphatic heterocycles. The van der Waals surface area contributed by atoms with Crippen molar-refractivity contribution in [2.45, 2.75) is 30.9 Å². The molecule has 0 radical (unpaired) electrons. The molecule has 0 amide bonds. The largest absolute Gasteiger partial charge is 0.394 e. The molecule has 4 atom stereocenters. The van der Waals surface area contributed by atoms with Crippen molar-refractivity contribution >= 4 is 6.08 Å². The van der Waals surface area contributed by atoms with Gasteiger partial charge in [0.15, 0.2) is 0 Å². The summed E-state index contributed by atoms with van der Waals surface area (Å²) >= 11 is 0. The molecule has 140 valence electrons. The molecule has 0 fully saturated rings. The minimum Gasteiger partial charge on any atom is -0.394 e. The van der Waals surface area contributed by atoms with Crippen molar-refractivity contribution in [2.24, 2.45) is 0 Å². The summed E-state index contributed by atoms with van der Waals surface area (Å²) in [7, 11) is 1.84. The first kappa shape index (κ1) is 20.3. The molecule has 5 nitrogen and oxygen atoms in total. The van der Waals surface area contributed by atoms with E-state index >= 15 is 0 Å². The highest BCUT2D eigenvalue weighted by atomic mass is 16.4. The molecular formula is C21H27NO4. The fourth-order valence-electron chi connectivity index (χ4n) is 2.81. The van der Waals surface area contributed by atoms with E-state index in [4.69, 9.17) is 5.11 Å². The van der Waals surface area contributed by atoms with E-state index in [9.17, 15) is 15.3 Å². The van der Waals surface area contributed by atoms with Crippen molar-refractivity contribution in [2.75, 3.05) is 13.7 Å². The molecule has 2 aromatic rings. The SMILES string of the molecule is CN(Cc1ccccc1)C(/C=C/c1ccccc1)[C@H](O)C(O)[C@H](O)CO. The van der Waals surface area contributed by atoms with Crippen LogP contribution in [0.3, 0.4) is 0 Å². The third-order valence-electron chi connectivity index (χ3n) is 4.35. The Labute approximate surface area is 154 Å². The zero-order chi connectivity index (χ0) is 18.9. The van der Waals surface area contributed by atoms with Gasteiger partial charge in [0.1, 0.15) is 18.3 Å². The van der Waals surface area contributed by atoms with Gasteiger partial charge in [-0.3, -0.25) is 4.90 Å². The second kappa shape index (κ2) is 10.2. The van der Waals surface area contributed by atoms with Gasteiger partial charge in [0.25, 0.3) is 0 Å². The van der Waals surface area contributed by atoms with E-state index in [-0.39, 0.29) is 0 Å². The lowest BCUT2D eigenvalue weighted by Crippen LogP contribution is -2.50. The molecule has 0 aromatic heterocycles. The average molecular weight is 357 g/mol. The van der Waals surface area contributed by atoms with E-state index in [0.717, 1.165) is 11.1 Å². The van der Waals surface area contributed by atoms with Crippen LogP contribution in [0.1, 0.15) is 11.1 Å². The number of nitrogens with zero attached hydrogens (tertiary/aromatic N) is 1. The maximum Gasteiger partial charge on any atom is 0.110 e. The van der Waals surface area contributed by atoms with Crippen LogP contribution in [0.15, 0.2) is 66.7 Å². The highest BCUT2D eigenvalue weighted by molar-refractivity contribution is 5.49. The van der Waals surface area contributed by atoms with Crippen LogP contribution >= 0.6 is 0 Å². The van der Waals surface area contributed by atoms with Crippen molar-refractivity contribution in [3.05, 3.63) is 77.9 Å². The van der Waals surface area contributed by atoms with Crippen LogP contribution in [0.5, 0.6) is 0 Å². The number of hydrogen-bond acceptors (Lipinski definition) is 5. The summed E-state index contributed by atoms with van der Waals surface area (Å²) in [6, 6.07) is 18.9. The maximum absolute atomic E-state index is 10.6. The molecule has 0 saturated carbocycles. The van der Waals surface area contributed by atoms with Gasteiger partial charge in [0, 0.05) is 6.54 Å². The van der Waals surface area contributed by atoms with E-state index in [2.05, 4.69) is 0 Å². The van der Waals surface area contributed by atoms with Crippen molar-refractivity contribution in [3.8, 4) is 0 Å². The molecule has 5 heteroatoms. The Morgan fingerprint density at radius 2 is 1.46 bits per heavy atom. The molecule has 0 aliphatic rings. The molecule has 0 bridgehead atoms. The van der Waals surface area contributed by atoms with Crippen LogP contribution in [0.25, 0.3) is 6.08 Å². The zero-order valence-electron chi connectivity index (χ0n) is 14.9. The zero-order valence-corrected chi connectivity index (χ0v) is 14.9. The third kappa shape index (κ3) is 5.76. The minimum atomic E-state index is -1.45. The summed E-state index contributed by atoms with van der Waals surface area (Å²) in [6.45, 7) is -0.0562. The Kier molecular flexibility index (Phi) is 7.97. The van der Waals surface area contributed by atoms with E-state index < -0.39 is 31.0 Å². The Hall–Kier alpha value is -2.02. The van der Waals surface area contributed by atoms with Crippen molar-refractivity contribution in [1.29, 1.82) is 0 Å². The van der Waals surface area contributed by atoms with Gasteiger partial charge in [-0.25, -0.2) is 0 Å². The first-order valence-electron chi connectivity index (χ1n) is 8.65. The monoisotopic (exact) mass is 357 g/mol. The van der Waals surface area contributed by atoms with Gasteiger partial charge in [-0.1, -0.05) is 72.8 Å². The Morgan fingerprint density at radius 3 is 2.04 bits per heavy atom. The van der Waals surface area contributed by atoms with Crippen LogP contribution in [0.4, 0.5) is 0 Å². The molecular weight excluding hydrogens is 330 g/mol. The lowest BCUT2D eigenvalue weighted by molar-refractivity contribution is -0.0937. The summed E-state index contributed by atoms with van der Waals surface area (Å²) in [6.07, 6.45) is -0.443. The second-order valence-corrected chi connectivity index (χ2v) is 6.39. The summed E-state index contributed by atoms with van der Waals surface area (Å²) in [5, 5.41) is 39.5. The molecule has 0 heterocycles. The fraction of sp³-hybridized carbons (Fsp3) is 0.333. The molecule has 0 saturated heterocycles. The fourth-order valence-corrected chi connectivity index (χ4v) is 2.81. The lowest BCUT2D eigenvalue weighted by atomic mass is 9.98. The Morgan fingerprint density at radius 1 is 0.885 bits per heavy atom. The van der Waals surface area contributed by atoms with Gasteiger partial charge < -0.3 is 20.4 Å². The van der Waals surface area contributed by atoms with Crippen LogP contribution in [-0.2, 0) is 6.54 Å². The van der Waals surface area contributed by atoms with E-state index in [1.807, 2.05) is 78.7 Å². The van der Waals surface area contributed by atoms with Gasteiger partial charge >= 0.3 is 0 Å². The predicted molar refractivity (Wildman–Crippen MR) is 102 cm³/mol. The topological polar surface area (TPSA) is 84.2 Å². The molecule has 26 heavy (non-hydrogen) atoms. The van der Waals surface area contributed by atoms with Gasteiger partial charge in [0.05, 0.1) is 12.6 Å². The van der Waals surface area contributed by atoms with Crippen molar-refractivity contribution in [1.82, 2.24) is 4.90 Å². The molecule has 2 rings (SSSR count). The van der Waals surface area contributed by atoms with Crippen LogP contribution in [0, 0.1) is 0 Å². The van der Waals surface area contributed by atoms with Crippen molar-refractivity contribution in [3.63, 3.8) is 0 Å². The summed E-state index contributed by atoms with van der Waals surface area (Å²) in [4.78, 5) is 1.90. The smallest absolute Gasteiger partial charge is 0.110 e. The number of hydrogen-bond donors (Lipinski definition) is 4. The standard InChI is InChI=1S/C21H27NO4/c1-22(14-17-10-6-3-7-11-17)18(20(25)21(26)19(24)15-23)13-12-16-8-4-2-5-9-16/h2-13,18-21,23-26H,14-15H2,1H3/b13-12+/t18?,19-,20+,21?/m1/s1. The van der Waals surface area contributed by atoms with E-state index in [1.54, 1.807) is 6.08 Å². The van der Waals surface area contributed by atoms with Crippen LogP contribution < -0.4 is 0 Å². The van der Waals surface area contributed by atoms with E-state index in [0.29, 0.717) is 6.54 Å². The first-order valence-corrected chi connectivity index (χ1v) is 8.65.